The molecule has 2 heteroatoms. The van der Waals surface area contributed by atoms with Crippen molar-refractivity contribution in [2.45, 2.75) is 25.9 Å². The Kier molecular flexibility index (Phi) is 1.46. The van der Waals surface area contributed by atoms with Crippen LogP contribution in [-0.2, 0) is 9.47 Å². The number of hydrogen-bond acceptors (Lipinski definition) is 2. The second-order valence-corrected chi connectivity index (χ2v) is 3.65. The molecule has 2 fully saturated rings. The lowest BCUT2D eigenvalue weighted by Gasteiger charge is -2.42. The van der Waals surface area contributed by atoms with Gasteiger partial charge in [-0.15, -0.1) is 0 Å². The molecule has 1 atom stereocenters. The molecule has 2 rings (SSSR count). The molecule has 2 heterocycles. The predicted molar refractivity (Wildman–Crippen MR) is 37.9 cm³/mol. The summed E-state index contributed by atoms with van der Waals surface area (Å²) in [6, 6.07) is 0. The molecule has 0 amide bonds. The standard InChI is InChI=1S/C8H14O2/c1-8(5-9-6-8)7-3-2-4-10-7/h7H,2-6H2,1H3. The molecular weight excluding hydrogens is 128 g/mol. The molecule has 2 aliphatic heterocycles. The molecule has 1 unspecified atom stereocenters. The smallest absolute Gasteiger partial charge is 0.0673 e. The molecule has 0 aromatic heterocycles. The van der Waals surface area contributed by atoms with Gasteiger partial charge >= 0.3 is 0 Å². The first-order valence-corrected chi connectivity index (χ1v) is 4.01. The van der Waals surface area contributed by atoms with E-state index in [-0.39, 0.29) is 0 Å². The van der Waals surface area contributed by atoms with Crippen molar-refractivity contribution in [3.05, 3.63) is 0 Å². The summed E-state index contributed by atoms with van der Waals surface area (Å²) in [7, 11) is 0. The van der Waals surface area contributed by atoms with Gasteiger partial charge in [-0.05, 0) is 12.8 Å². The van der Waals surface area contributed by atoms with E-state index in [4.69, 9.17) is 9.47 Å². The van der Waals surface area contributed by atoms with Crippen molar-refractivity contribution in [2.75, 3.05) is 19.8 Å². The van der Waals surface area contributed by atoms with Crippen LogP contribution in [0.1, 0.15) is 19.8 Å². The molecule has 0 aromatic carbocycles. The summed E-state index contributed by atoms with van der Waals surface area (Å²) in [5.41, 5.74) is 0.358. The third-order valence-corrected chi connectivity index (χ3v) is 2.57. The zero-order chi connectivity index (χ0) is 7.03. The molecule has 0 N–H and O–H groups in total. The van der Waals surface area contributed by atoms with E-state index >= 15 is 0 Å². The molecule has 0 aliphatic carbocycles. The van der Waals surface area contributed by atoms with Gasteiger partial charge in [0.05, 0.1) is 19.3 Å². The maximum atomic E-state index is 5.58. The van der Waals surface area contributed by atoms with E-state index in [1.165, 1.54) is 12.8 Å². The SMILES string of the molecule is CC1(C2CCCO2)COC1. The normalized spacial score (nSPS) is 37.5. The topological polar surface area (TPSA) is 18.5 Å². The van der Waals surface area contributed by atoms with Gasteiger partial charge in [-0.2, -0.15) is 0 Å². The number of ether oxygens (including phenoxy) is 2. The molecule has 2 saturated heterocycles. The van der Waals surface area contributed by atoms with Crippen molar-refractivity contribution in [1.29, 1.82) is 0 Å². The summed E-state index contributed by atoms with van der Waals surface area (Å²) in [5, 5.41) is 0. The first-order valence-electron chi connectivity index (χ1n) is 4.01. The van der Waals surface area contributed by atoms with Crippen molar-refractivity contribution in [2.24, 2.45) is 5.41 Å². The maximum Gasteiger partial charge on any atom is 0.0673 e. The van der Waals surface area contributed by atoms with Crippen molar-refractivity contribution in [3.8, 4) is 0 Å². The van der Waals surface area contributed by atoms with Crippen LogP contribution in [0.15, 0.2) is 0 Å². The van der Waals surface area contributed by atoms with E-state index in [2.05, 4.69) is 6.92 Å². The van der Waals surface area contributed by atoms with E-state index in [1.54, 1.807) is 0 Å². The lowest BCUT2D eigenvalue weighted by molar-refractivity contribution is -0.164. The Hall–Kier alpha value is -0.0800. The Morgan fingerprint density at radius 1 is 1.40 bits per heavy atom. The molecular formula is C8H14O2. The van der Waals surface area contributed by atoms with Crippen LogP contribution in [0.25, 0.3) is 0 Å². The zero-order valence-electron chi connectivity index (χ0n) is 6.43. The fourth-order valence-corrected chi connectivity index (χ4v) is 1.74. The Labute approximate surface area is 61.5 Å². The predicted octanol–water partition coefficient (Wildman–Crippen LogP) is 1.20. The second kappa shape index (κ2) is 2.21. The summed E-state index contributed by atoms with van der Waals surface area (Å²) in [5.74, 6) is 0. The molecule has 10 heavy (non-hydrogen) atoms. The van der Waals surface area contributed by atoms with E-state index in [0.29, 0.717) is 11.5 Å². The largest absolute Gasteiger partial charge is 0.380 e. The Morgan fingerprint density at radius 3 is 2.60 bits per heavy atom. The molecule has 2 nitrogen and oxygen atoms in total. The quantitative estimate of drug-likeness (QED) is 0.547. The first-order chi connectivity index (χ1) is 4.81. The summed E-state index contributed by atoms with van der Waals surface area (Å²) >= 11 is 0. The van der Waals surface area contributed by atoms with Crippen LogP contribution in [0.2, 0.25) is 0 Å². The van der Waals surface area contributed by atoms with Gasteiger partial charge in [-0.25, -0.2) is 0 Å². The lowest BCUT2D eigenvalue weighted by atomic mass is 9.81. The molecule has 0 spiro atoms. The van der Waals surface area contributed by atoms with Gasteiger partial charge in [0, 0.05) is 12.0 Å². The van der Waals surface area contributed by atoms with Gasteiger partial charge in [0.15, 0.2) is 0 Å². The third-order valence-electron chi connectivity index (χ3n) is 2.57. The summed E-state index contributed by atoms with van der Waals surface area (Å²) in [6.45, 7) is 5.02. The van der Waals surface area contributed by atoms with Gasteiger partial charge in [0.1, 0.15) is 0 Å². The van der Waals surface area contributed by atoms with Crippen LogP contribution < -0.4 is 0 Å². The van der Waals surface area contributed by atoms with Gasteiger partial charge < -0.3 is 9.47 Å². The van der Waals surface area contributed by atoms with Gasteiger partial charge in [-0.3, -0.25) is 0 Å². The minimum atomic E-state index is 0.358. The van der Waals surface area contributed by atoms with Gasteiger partial charge in [-0.1, -0.05) is 6.92 Å². The highest BCUT2D eigenvalue weighted by atomic mass is 16.5. The lowest BCUT2D eigenvalue weighted by Crippen LogP contribution is -2.48. The molecule has 0 radical (unpaired) electrons. The molecule has 2 aliphatic rings. The summed E-state index contributed by atoms with van der Waals surface area (Å²) < 4.78 is 10.8. The molecule has 0 saturated carbocycles. The average Bonchev–Trinajstić information content (AvgIpc) is 2.33. The number of hydrogen-bond donors (Lipinski definition) is 0. The fourth-order valence-electron chi connectivity index (χ4n) is 1.74. The molecule has 58 valence electrons. The van der Waals surface area contributed by atoms with Gasteiger partial charge in [0.2, 0.25) is 0 Å². The monoisotopic (exact) mass is 142 g/mol. The van der Waals surface area contributed by atoms with Crippen LogP contribution in [0, 0.1) is 5.41 Å². The summed E-state index contributed by atoms with van der Waals surface area (Å²) in [6.07, 6.45) is 2.96. The van der Waals surface area contributed by atoms with Crippen LogP contribution in [-0.4, -0.2) is 25.9 Å². The first kappa shape index (κ1) is 6.62. The Morgan fingerprint density at radius 2 is 2.20 bits per heavy atom. The zero-order valence-corrected chi connectivity index (χ0v) is 6.43. The van der Waals surface area contributed by atoms with Crippen molar-refractivity contribution < 1.29 is 9.47 Å². The minimum absolute atomic E-state index is 0.358. The van der Waals surface area contributed by atoms with E-state index < -0.39 is 0 Å². The highest BCUT2D eigenvalue weighted by Gasteiger charge is 2.43. The van der Waals surface area contributed by atoms with Crippen LogP contribution >= 0.6 is 0 Å². The van der Waals surface area contributed by atoms with E-state index in [1.807, 2.05) is 0 Å². The van der Waals surface area contributed by atoms with Crippen LogP contribution in [0.5, 0.6) is 0 Å². The summed E-state index contributed by atoms with van der Waals surface area (Å²) in [4.78, 5) is 0. The van der Waals surface area contributed by atoms with E-state index in [9.17, 15) is 0 Å². The maximum absolute atomic E-state index is 5.58. The molecule has 0 aromatic rings. The number of rotatable bonds is 1. The highest BCUT2D eigenvalue weighted by molar-refractivity contribution is 4.90. The molecule has 0 bridgehead atoms. The van der Waals surface area contributed by atoms with Crippen molar-refractivity contribution in [3.63, 3.8) is 0 Å². The third kappa shape index (κ3) is 0.867. The van der Waals surface area contributed by atoms with Crippen LogP contribution in [0.3, 0.4) is 0 Å². The second-order valence-electron chi connectivity index (χ2n) is 3.65. The highest BCUT2D eigenvalue weighted by Crippen LogP contribution is 2.37. The van der Waals surface area contributed by atoms with Crippen molar-refractivity contribution in [1.82, 2.24) is 0 Å². The Bertz CT molecular complexity index is 123. The van der Waals surface area contributed by atoms with Crippen LogP contribution in [0.4, 0.5) is 0 Å². The minimum Gasteiger partial charge on any atom is -0.380 e. The van der Waals surface area contributed by atoms with Gasteiger partial charge in [0.25, 0.3) is 0 Å². The Balaban J connectivity index is 1.96. The van der Waals surface area contributed by atoms with Crippen molar-refractivity contribution >= 4 is 0 Å². The fraction of sp³-hybridized carbons (Fsp3) is 1.00. The van der Waals surface area contributed by atoms with E-state index in [0.717, 1.165) is 19.8 Å². The average molecular weight is 142 g/mol.